The molecule has 2 rings (SSSR count). The summed E-state index contributed by atoms with van der Waals surface area (Å²) < 4.78 is 0. The molecule has 0 aliphatic carbocycles. The Kier molecular flexibility index (Phi) is 4.50. The van der Waals surface area contributed by atoms with Gasteiger partial charge < -0.3 is 10.6 Å². The topological polar surface area (TPSA) is 62.7 Å². The standard InChI is InChI=1S/C15H21N5/c1-10(2)12-7-5-6-8-13(12)18-15-19-14(9-16-20-15)17-11(3)4/h5-11H,1-4H3,(H2,17,18,19,20). The average molecular weight is 271 g/mol. The summed E-state index contributed by atoms with van der Waals surface area (Å²) in [6, 6.07) is 8.48. The molecule has 1 aromatic carbocycles. The highest BCUT2D eigenvalue weighted by Gasteiger charge is 2.08. The first-order valence-corrected chi connectivity index (χ1v) is 6.88. The van der Waals surface area contributed by atoms with Gasteiger partial charge in [-0.2, -0.15) is 10.1 Å². The van der Waals surface area contributed by atoms with Gasteiger partial charge in [-0.15, -0.1) is 5.10 Å². The van der Waals surface area contributed by atoms with Gasteiger partial charge in [0.15, 0.2) is 5.82 Å². The molecule has 0 bridgehead atoms. The molecule has 0 radical (unpaired) electrons. The number of nitrogens with one attached hydrogen (secondary N) is 2. The van der Waals surface area contributed by atoms with Crippen molar-refractivity contribution in [2.45, 2.75) is 39.7 Å². The summed E-state index contributed by atoms with van der Waals surface area (Å²) in [4.78, 5) is 4.41. The summed E-state index contributed by atoms with van der Waals surface area (Å²) in [6.45, 7) is 8.44. The summed E-state index contributed by atoms with van der Waals surface area (Å²) >= 11 is 0. The zero-order valence-electron chi connectivity index (χ0n) is 12.4. The van der Waals surface area contributed by atoms with E-state index in [-0.39, 0.29) is 0 Å². The number of anilines is 3. The second kappa shape index (κ2) is 6.32. The molecule has 20 heavy (non-hydrogen) atoms. The summed E-state index contributed by atoms with van der Waals surface area (Å²) in [7, 11) is 0. The lowest BCUT2D eigenvalue weighted by Crippen LogP contribution is -2.12. The number of nitrogens with zero attached hydrogens (tertiary/aromatic N) is 3. The monoisotopic (exact) mass is 271 g/mol. The quantitative estimate of drug-likeness (QED) is 0.870. The zero-order valence-corrected chi connectivity index (χ0v) is 12.4. The fraction of sp³-hybridized carbons (Fsp3) is 0.400. The summed E-state index contributed by atoms with van der Waals surface area (Å²) in [5.41, 5.74) is 2.25. The van der Waals surface area contributed by atoms with Crippen molar-refractivity contribution in [3.63, 3.8) is 0 Å². The van der Waals surface area contributed by atoms with Crippen LogP contribution in [0.4, 0.5) is 17.5 Å². The lowest BCUT2D eigenvalue weighted by atomic mass is 10.0. The van der Waals surface area contributed by atoms with Crippen molar-refractivity contribution in [2.75, 3.05) is 10.6 Å². The Labute approximate surface area is 119 Å². The summed E-state index contributed by atoms with van der Waals surface area (Å²) in [5, 5.41) is 14.5. The van der Waals surface area contributed by atoms with Crippen molar-refractivity contribution in [2.24, 2.45) is 0 Å². The molecule has 0 atom stereocenters. The van der Waals surface area contributed by atoms with Crippen molar-refractivity contribution in [3.8, 4) is 0 Å². The third-order valence-electron chi connectivity index (χ3n) is 2.82. The van der Waals surface area contributed by atoms with E-state index >= 15 is 0 Å². The fourth-order valence-corrected chi connectivity index (χ4v) is 1.96. The molecule has 5 heteroatoms. The number of benzene rings is 1. The van der Waals surface area contributed by atoms with Crippen LogP contribution in [0.1, 0.15) is 39.2 Å². The van der Waals surface area contributed by atoms with E-state index in [1.807, 2.05) is 18.2 Å². The molecule has 0 aliphatic rings. The Morgan fingerprint density at radius 1 is 1.05 bits per heavy atom. The molecule has 5 nitrogen and oxygen atoms in total. The minimum Gasteiger partial charge on any atom is -0.366 e. The highest BCUT2D eigenvalue weighted by molar-refractivity contribution is 5.59. The number of hydrogen-bond donors (Lipinski definition) is 2. The van der Waals surface area contributed by atoms with Gasteiger partial charge in [-0.3, -0.25) is 0 Å². The van der Waals surface area contributed by atoms with E-state index in [0.717, 1.165) is 11.5 Å². The maximum Gasteiger partial charge on any atom is 0.249 e. The Balaban J connectivity index is 2.22. The number of rotatable bonds is 5. The van der Waals surface area contributed by atoms with Crippen LogP contribution in [0.5, 0.6) is 0 Å². The molecule has 2 N–H and O–H groups in total. The Bertz CT molecular complexity index is 566. The van der Waals surface area contributed by atoms with Gasteiger partial charge in [0.05, 0.1) is 6.20 Å². The highest BCUT2D eigenvalue weighted by Crippen LogP contribution is 2.25. The maximum absolute atomic E-state index is 4.41. The molecular formula is C15H21N5. The first-order valence-electron chi connectivity index (χ1n) is 6.88. The first kappa shape index (κ1) is 14.2. The van der Waals surface area contributed by atoms with E-state index < -0.39 is 0 Å². The van der Waals surface area contributed by atoms with Crippen LogP contribution in [0.25, 0.3) is 0 Å². The SMILES string of the molecule is CC(C)Nc1cnnc(Nc2ccccc2C(C)C)n1. The molecule has 0 unspecified atom stereocenters. The van der Waals surface area contributed by atoms with Gasteiger partial charge in [0.2, 0.25) is 5.95 Å². The molecule has 1 aromatic heterocycles. The fourth-order valence-electron chi connectivity index (χ4n) is 1.96. The molecule has 1 heterocycles. The van der Waals surface area contributed by atoms with Crippen LogP contribution in [0, 0.1) is 0 Å². The van der Waals surface area contributed by atoms with Crippen molar-refractivity contribution in [3.05, 3.63) is 36.0 Å². The molecule has 106 valence electrons. The summed E-state index contributed by atoms with van der Waals surface area (Å²) in [6.07, 6.45) is 1.62. The second-order valence-corrected chi connectivity index (χ2v) is 5.33. The Morgan fingerprint density at radius 3 is 2.50 bits per heavy atom. The predicted octanol–water partition coefficient (Wildman–Crippen LogP) is 3.56. The van der Waals surface area contributed by atoms with E-state index in [1.54, 1.807) is 6.20 Å². The minimum absolute atomic E-state index is 0.308. The van der Waals surface area contributed by atoms with E-state index in [4.69, 9.17) is 0 Å². The lowest BCUT2D eigenvalue weighted by Gasteiger charge is -2.14. The molecule has 0 saturated heterocycles. The van der Waals surface area contributed by atoms with Gasteiger partial charge in [0, 0.05) is 11.7 Å². The molecule has 0 amide bonds. The summed E-state index contributed by atoms with van der Waals surface area (Å²) in [5.74, 6) is 1.66. The van der Waals surface area contributed by atoms with Crippen LogP contribution in [-0.4, -0.2) is 21.2 Å². The van der Waals surface area contributed by atoms with Crippen LogP contribution < -0.4 is 10.6 Å². The average Bonchev–Trinajstić information content (AvgIpc) is 2.38. The molecule has 0 fully saturated rings. The van der Waals surface area contributed by atoms with E-state index in [1.165, 1.54) is 5.56 Å². The smallest absolute Gasteiger partial charge is 0.249 e. The third-order valence-corrected chi connectivity index (χ3v) is 2.82. The number of para-hydroxylation sites is 1. The van der Waals surface area contributed by atoms with Crippen molar-refractivity contribution < 1.29 is 0 Å². The van der Waals surface area contributed by atoms with Crippen molar-refractivity contribution in [1.29, 1.82) is 0 Å². The molecular weight excluding hydrogens is 250 g/mol. The Morgan fingerprint density at radius 2 is 1.80 bits per heavy atom. The molecule has 0 aliphatic heterocycles. The van der Waals surface area contributed by atoms with E-state index in [9.17, 15) is 0 Å². The van der Waals surface area contributed by atoms with Gasteiger partial charge >= 0.3 is 0 Å². The number of hydrogen-bond acceptors (Lipinski definition) is 5. The lowest BCUT2D eigenvalue weighted by molar-refractivity contribution is 0.863. The van der Waals surface area contributed by atoms with Crippen molar-refractivity contribution in [1.82, 2.24) is 15.2 Å². The Hall–Kier alpha value is -2.17. The van der Waals surface area contributed by atoms with E-state index in [2.05, 4.69) is 59.6 Å². The van der Waals surface area contributed by atoms with Gasteiger partial charge in [-0.1, -0.05) is 32.0 Å². The van der Waals surface area contributed by atoms with E-state index in [0.29, 0.717) is 17.9 Å². The second-order valence-electron chi connectivity index (χ2n) is 5.33. The van der Waals surface area contributed by atoms with Gasteiger partial charge in [-0.05, 0) is 31.4 Å². The van der Waals surface area contributed by atoms with Gasteiger partial charge in [0.25, 0.3) is 0 Å². The molecule has 0 spiro atoms. The zero-order chi connectivity index (χ0) is 14.5. The van der Waals surface area contributed by atoms with Crippen LogP contribution in [0.2, 0.25) is 0 Å². The number of aromatic nitrogens is 3. The van der Waals surface area contributed by atoms with Crippen LogP contribution in [0.15, 0.2) is 30.5 Å². The minimum atomic E-state index is 0.308. The maximum atomic E-state index is 4.41. The van der Waals surface area contributed by atoms with Crippen molar-refractivity contribution >= 4 is 17.5 Å². The predicted molar refractivity (Wildman–Crippen MR) is 82.4 cm³/mol. The normalized spacial score (nSPS) is 10.9. The van der Waals surface area contributed by atoms with Gasteiger partial charge in [0.1, 0.15) is 0 Å². The largest absolute Gasteiger partial charge is 0.366 e. The molecule has 2 aromatic rings. The third kappa shape index (κ3) is 3.66. The van der Waals surface area contributed by atoms with Crippen LogP contribution in [-0.2, 0) is 0 Å². The molecule has 0 saturated carbocycles. The highest BCUT2D eigenvalue weighted by atomic mass is 15.3. The van der Waals surface area contributed by atoms with Crippen LogP contribution in [0.3, 0.4) is 0 Å². The first-order chi connectivity index (χ1) is 9.56. The van der Waals surface area contributed by atoms with Crippen LogP contribution >= 0.6 is 0 Å². The van der Waals surface area contributed by atoms with Gasteiger partial charge in [-0.25, -0.2) is 0 Å².